The maximum absolute atomic E-state index is 11.7. The molecule has 0 amide bonds. The number of fused-ring (bicyclic) bond motifs is 1. The van der Waals surface area contributed by atoms with Crippen molar-refractivity contribution in [3.8, 4) is 0 Å². The second-order valence-electron chi connectivity index (χ2n) is 3.61. The van der Waals surface area contributed by atoms with Crippen molar-refractivity contribution in [2.45, 2.75) is 13.5 Å². The van der Waals surface area contributed by atoms with Gasteiger partial charge in [0.05, 0.1) is 41.2 Å². The van der Waals surface area contributed by atoms with Crippen LogP contribution in [0.2, 0.25) is 5.02 Å². The Morgan fingerprint density at radius 3 is 3.00 bits per heavy atom. The number of carbonyl (C=O) groups is 1. The highest BCUT2D eigenvalue weighted by molar-refractivity contribution is 6.36. The summed E-state index contributed by atoms with van der Waals surface area (Å²) in [6.07, 6.45) is 2.84. The van der Waals surface area contributed by atoms with Gasteiger partial charge in [0.25, 0.3) is 0 Å². The molecule has 7 heteroatoms. The van der Waals surface area contributed by atoms with Crippen LogP contribution in [0.15, 0.2) is 12.4 Å². The molecule has 2 aromatic heterocycles. The largest absolute Gasteiger partial charge is 0.462 e. The Hall–Kier alpha value is -1.79. The predicted molar refractivity (Wildman–Crippen MR) is 66.5 cm³/mol. The summed E-state index contributed by atoms with van der Waals surface area (Å²) >= 11 is 6.06. The number of anilines is 1. The average Bonchev–Trinajstić information content (AvgIpc) is 2.73. The highest BCUT2D eigenvalue weighted by Crippen LogP contribution is 2.29. The van der Waals surface area contributed by atoms with Gasteiger partial charge in [0.2, 0.25) is 0 Å². The molecule has 18 heavy (non-hydrogen) atoms. The lowest BCUT2D eigenvalue weighted by atomic mass is 10.1. The number of aromatic nitrogens is 2. The summed E-state index contributed by atoms with van der Waals surface area (Å²) in [6.45, 7) is 1.60. The smallest absolute Gasteiger partial charge is 0.340 e. The first kappa shape index (κ1) is 12.7. The second-order valence-corrected chi connectivity index (χ2v) is 3.98. The molecule has 0 aliphatic carbocycles. The lowest BCUT2D eigenvalue weighted by Crippen LogP contribution is -2.06. The number of nitrogens with zero attached hydrogens (tertiary/aromatic N) is 2. The van der Waals surface area contributed by atoms with Crippen LogP contribution in [-0.2, 0) is 11.3 Å². The number of nitrogens with two attached hydrogens (primary N) is 1. The lowest BCUT2D eigenvalue weighted by Gasteiger charge is -2.03. The Morgan fingerprint density at radius 1 is 1.67 bits per heavy atom. The molecule has 0 unspecified atom stereocenters. The first-order chi connectivity index (χ1) is 8.60. The Balaban J connectivity index is 2.69. The maximum atomic E-state index is 11.7. The molecule has 96 valence electrons. The van der Waals surface area contributed by atoms with E-state index < -0.39 is 5.97 Å². The van der Waals surface area contributed by atoms with Crippen molar-refractivity contribution in [1.82, 2.24) is 9.61 Å². The highest BCUT2D eigenvalue weighted by Gasteiger charge is 2.20. The first-order valence-corrected chi connectivity index (χ1v) is 5.70. The third kappa shape index (κ3) is 1.89. The zero-order chi connectivity index (χ0) is 13.3. The van der Waals surface area contributed by atoms with Gasteiger partial charge in [0.15, 0.2) is 0 Å². The summed E-state index contributed by atoms with van der Waals surface area (Å²) in [4.78, 5) is 11.7. The van der Waals surface area contributed by atoms with Gasteiger partial charge in [-0.3, -0.25) is 0 Å². The van der Waals surface area contributed by atoms with Crippen LogP contribution in [0.1, 0.15) is 22.8 Å². The molecule has 0 aliphatic rings. The average molecular weight is 270 g/mol. The van der Waals surface area contributed by atoms with E-state index in [2.05, 4.69) is 5.10 Å². The Kier molecular flexibility index (Phi) is 3.40. The van der Waals surface area contributed by atoms with Crippen molar-refractivity contribution >= 4 is 28.8 Å². The fraction of sp³-hybridized carbons (Fsp3) is 0.273. The SMILES string of the molecule is CCOC(=O)c1cn2ncc(N)c(Cl)c2c1CO. The highest BCUT2D eigenvalue weighted by atomic mass is 35.5. The van der Waals surface area contributed by atoms with Gasteiger partial charge in [-0.05, 0) is 6.92 Å². The lowest BCUT2D eigenvalue weighted by molar-refractivity contribution is 0.0523. The number of nitrogen functional groups attached to an aromatic ring is 1. The van der Waals surface area contributed by atoms with Crippen LogP contribution in [-0.4, -0.2) is 27.3 Å². The van der Waals surface area contributed by atoms with E-state index in [-0.39, 0.29) is 29.5 Å². The fourth-order valence-electron chi connectivity index (χ4n) is 1.72. The fourth-order valence-corrected chi connectivity index (χ4v) is 1.97. The second kappa shape index (κ2) is 4.83. The summed E-state index contributed by atoms with van der Waals surface area (Å²) in [7, 11) is 0. The third-order valence-electron chi connectivity index (χ3n) is 2.53. The minimum Gasteiger partial charge on any atom is -0.462 e. The standard InChI is InChI=1S/C11H12ClN3O3/c1-2-18-11(17)6-4-15-10(7(6)5-16)9(12)8(13)3-14-15/h3-4,16H,2,5,13H2,1H3. The van der Waals surface area contributed by atoms with Gasteiger partial charge >= 0.3 is 5.97 Å². The van der Waals surface area contributed by atoms with Gasteiger partial charge in [0.1, 0.15) is 0 Å². The quantitative estimate of drug-likeness (QED) is 0.818. The van der Waals surface area contributed by atoms with Gasteiger partial charge in [-0.2, -0.15) is 5.10 Å². The Bertz CT molecular complexity index is 609. The van der Waals surface area contributed by atoms with Crippen LogP contribution in [0.25, 0.3) is 5.52 Å². The molecule has 0 atom stereocenters. The van der Waals surface area contributed by atoms with Crippen LogP contribution in [0.3, 0.4) is 0 Å². The monoisotopic (exact) mass is 269 g/mol. The molecule has 2 rings (SSSR count). The number of carbonyl (C=O) groups excluding carboxylic acids is 1. The summed E-state index contributed by atoms with van der Waals surface area (Å²) in [6, 6.07) is 0. The summed E-state index contributed by atoms with van der Waals surface area (Å²) in [5, 5.41) is 13.6. The van der Waals surface area contributed by atoms with Crippen LogP contribution in [0, 0.1) is 0 Å². The van der Waals surface area contributed by atoms with E-state index in [0.717, 1.165) is 0 Å². The van der Waals surface area contributed by atoms with Crippen molar-refractivity contribution < 1.29 is 14.6 Å². The minimum absolute atomic E-state index is 0.236. The van der Waals surface area contributed by atoms with E-state index in [1.54, 1.807) is 6.92 Å². The molecule has 0 saturated heterocycles. The van der Waals surface area contributed by atoms with E-state index in [1.165, 1.54) is 16.9 Å². The van der Waals surface area contributed by atoms with Crippen LogP contribution >= 0.6 is 11.6 Å². The predicted octanol–water partition coefficient (Wildman–Crippen LogP) is 1.24. The van der Waals surface area contributed by atoms with Crippen molar-refractivity contribution in [2.75, 3.05) is 12.3 Å². The molecule has 0 fully saturated rings. The summed E-state index contributed by atoms with van der Waals surface area (Å²) in [5.41, 5.74) is 6.95. The van der Waals surface area contributed by atoms with Crippen LogP contribution in [0.5, 0.6) is 0 Å². The van der Waals surface area contributed by atoms with Gasteiger partial charge in [0, 0.05) is 11.8 Å². The number of esters is 1. The molecule has 0 spiro atoms. The number of hydrogen-bond acceptors (Lipinski definition) is 5. The van der Waals surface area contributed by atoms with E-state index in [0.29, 0.717) is 11.1 Å². The summed E-state index contributed by atoms with van der Waals surface area (Å²) in [5.74, 6) is -0.526. The van der Waals surface area contributed by atoms with E-state index >= 15 is 0 Å². The number of hydrogen-bond donors (Lipinski definition) is 2. The minimum atomic E-state index is -0.526. The number of aliphatic hydroxyl groups excluding tert-OH is 1. The Labute approximate surface area is 108 Å². The molecular formula is C11H12ClN3O3. The van der Waals surface area contributed by atoms with Crippen LogP contribution < -0.4 is 5.73 Å². The van der Waals surface area contributed by atoms with Gasteiger partial charge in [-0.1, -0.05) is 11.6 Å². The molecule has 3 N–H and O–H groups in total. The molecular weight excluding hydrogens is 258 g/mol. The third-order valence-corrected chi connectivity index (χ3v) is 2.92. The first-order valence-electron chi connectivity index (χ1n) is 5.32. The van der Waals surface area contributed by atoms with Crippen LogP contribution in [0.4, 0.5) is 5.69 Å². The van der Waals surface area contributed by atoms with Crippen molar-refractivity contribution in [3.63, 3.8) is 0 Å². The van der Waals surface area contributed by atoms with Crippen molar-refractivity contribution in [2.24, 2.45) is 0 Å². The zero-order valence-corrected chi connectivity index (χ0v) is 10.4. The molecule has 0 saturated carbocycles. The topological polar surface area (TPSA) is 89.9 Å². The molecule has 0 aromatic carbocycles. The van der Waals surface area contributed by atoms with Crippen molar-refractivity contribution in [1.29, 1.82) is 0 Å². The zero-order valence-electron chi connectivity index (χ0n) is 9.68. The number of ether oxygens (including phenoxy) is 1. The van der Waals surface area contributed by atoms with Gasteiger partial charge < -0.3 is 15.6 Å². The van der Waals surface area contributed by atoms with E-state index in [9.17, 15) is 9.90 Å². The number of aliphatic hydroxyl groups is 1. The van der Waals surface area contributed by atoms with E-state index in [1.807, 2.05) is 0 Å². The molecule has 2 aromatic rings. The molecule has 0 aliphatic heterocycles. The van der Waals surface area contributed by atoms with Crippen molar-refractivity contribution in [3.05, 3.63) is 28.5 Å². The Morgan fingerprint density at radius 2 is 2.39 bits per heavy atom. The molecule has 2 heterocycles. The van der Waals surface area contributed by atoms with Gasteiger partial charge in [-0.25, -0.2) is 9.31 Å². The molecule has 6 nitrogen and oxygen atoms in total. The number of halogens is 1. The summed E-state index contributed by atoms with van der Waals surface area (Å²) < 4.78 is 6.30. The van der Waals surface area contributed by atoms with E-state index in [4.69, 9.17) is 22.1 Å². The molecule has 0 bridgehead atoms. The maximum Gasteiger partial charge on any atom is 0.340 e. The molecule has 0 radical (unpaired) electrons. The normalized spacial score (nSPS) is 10.8. The van der Waals surface area contributed by atoms with Gasteiger partial charge in [-0.15, -0.1) is 0 Å². The number of rotatable bonds is 3.